The molecule has 0 aliphatic rings. The van der Waals surface area contributed by atoms with Crippen LogP contribution in [0.1, 0.15) is 36.2 Å². The van der Waals surface area contributed by atoms with Gasteiger partial charge in [0.25, 0.3) is 5.91 Å². The lowest BCUT2D eigenvalue weighted by atomic mass is 10.1. The molecule has 0 radical (unpaired) electrons. The Labute approximate surface area is 114 Å². The molecule has 0 aromatic heterocycles. The molecular formula is C15H22N2O2. The lowest BCUT2D eigenvalue weighted by Gasteiger charge is -2.20. The molecule has 0 bridgehead atoms. The zero-order valence-electron chi connectivity index (χ0n) is 11.9. The fourth-order valence-corrected chi connectivity index (χ4v) is 1.81. The number of nitrogens with one attached hydrogen (secondary N) is 1. The fraction of sp³-hybridized carbons (Fsp3) is 0.467. The van der Waals surface area contributed by atoms with E-state index >= 15 is 0 Å². The summed E-state index contributed by atoms with van der Waals surface area (Å²) in [6.45, 7) is 7.33. The normalized spacial score (nSPS) is 10.1. The highest BCUT2D eigenvalue weighted by Gasteiger charge is 2.08. The van der Waals surface area contributed by atoms with Crippen molar-refractivity contribution in [1.82, 2.24) is 10.2 Å². The largest absolute Gasteiger partial charge is 0.350 e. The van der Waals surface area contributed by atoms with Gasteiger partial charge in [0, 0.05) is 32.1 Å². The molecule has 2 amide bonds. The Balaban J connectivity index is 2.41. The summed E-state index contributed by atoms with van der Waals surface area (Å²) in [4.78, 5) is 24.9. The van der Waals surface area contributed by atoms with Gasteiger partial charge in [-0.05, 0) is 25.5 Å². The molecule has 0 unspecified atom stereocenters. The third-order valence-corrected chi connectivity index (χ3v) is 2.92. The van der Waals surface area contributed by atoms with Crippen molar-refractivity contribution in [2.75, 3.05) is 19.6 Å². The van der Waals surface area contributed by atoms with Crippen molar-refractivity contribution in [2.45, 2.75) is 27.2 Å². The van der Waals surface area contributed by atoms with Crippen LogP contribution < -0.4 is 5.32 Å². The van der Waals surface area contributed by atoms with E-state index in [4.69, 9.17) is 0 Å². The molecule has 0 aliphatic heterocycles. The highest BCUT2D eigenvalue weighted by molar-refractivity contribution is 5.94. The molecule has 0 saturated carbocycles. The standard InChI is InChI=1S/C15H22N2O2/c1-4-10-17(13(3)18)11-9-16-15(19)14-7-5-12(2)6-8-14/h5-8H,4,9-11H2,1-3H3,(H,16,19). The number of amides is 2. The molecule has 0 spiro atoms. The summed E-state index contributed by atoms with van der Waals surface area (Å²) in [6.07, 6.45) is 0.922. The van der Waals surface area contributed by atoms with E-state index in [0.717, 1.165) is 18.5 Å². The first-order valence-electron chi connectivity index (χ1n) is 6.65. The fourth-order valence-electron chi connectivity index (χ4n) is 1.81. The van der Waals surface area contributed by atoms with Crippen molar-refractivity contribution < 1.29 is 9.59 Å². The second kappa shape index (κ2) is 7.56. The lowest BCUT2D eigenvalue weighted by Crippen LogP contribution is -2.37. The van der Waals surface area contributed by atoms with Gasteiger partial charge in [0.05, 0.1) is 0 Å². The molecule has 1 N–H and O–H groups in total. The molecule has 4 heteroatoms. The molecule has 104 valence electrons. The molecule has 0 saturated heterocycles. The van der Waals surface area contributed by atoms with Gasteiger partial charge in [0.2, 0.25) is 5.91 Å². The SMILES string of the molecule is CCCN(CCNC(=O)c1ccc(C)cc1)C(C)=O. The Bertz CT molecular complexity index is 426. The van der Waals surface area contributed by atoms with Crippen LogP contribution >= 0.6 is 0 Å². The number of rotatable bonds is 6. The van der Waals surface area contributed by atoms with E-state index in [1.807, 2.05) is 26.0 Å². The molecule has 1 aromatic rings. The summed E-state index contributed by atoms with van der Waals surface area (Å²) in [7, 11) is 0. The number of carbonyl (C=O) groups is 2. The summed E-state index contributed by atoms with van der Waals surface area (Å²) >= 11 is 0. The van der Waals surface area contributed by atoms with Crippen LogP contribution in [0.3, 0.4) is 0 Å². The minimum Gasteiger partial charge on any atom is -0.350 e. The molecule has 19 heavy (non-hydrogen) atoms. The van der Waals surface area contributed by atoms with E-state index in [1.165, 1.54) is 0 Å². The summed E-state index contributed by atoms with van der Waals surface area (Å²) in [6, 6.07) is 7.43. The number of carbonyl (C=O) groups excluding carboxylic acids is 2. The molecule has 0 aliphatic carbocycles. The van der Waals surface area contributed by atoms with E-state index in [1.54, 1.807) is 24.0 Å². The topological polar surface area (TPSA) is 49.4 Å². The molecular weight excluding hydrogens is 240 g/mol. The molecule has 0 atom stereocenters. The van der Waals surface area contributed by atoms with Gasteiger partial charge < -0.3 is 10.2 Å². The number of aryl methyl sites for hydroxylation is 1. The van der Waals surface area contributed by atoms with Gasteiger partial charge in [-0.2, -0.15) is 0 Å². The van der Waals surface area contributed by atoms with E-state index < -0.39 is 0 Å². The smallest absolute Gasteiger partial charge is 0.251 e. The van der Waals surface area contributed by atoms with Crippen molar-refractivity contribution in [3.8, 4) is 0 Å². The number of nitrogens with zero attached hydrogens (tertiary/aromatic N) is 1. The summed E-state index contributed by atoms with van der Waals surface area (Å²) < 4.78 is 0. The van der Waals surface area contributed by atoms with Crippen LogP contribution in [0.15, 0.2) is 24.3 Å². The predicted octanol–water partition coefficient (Wildman–Crippen LogP) is 1.98. The highest BCUT2D eigenvalue weighted by atomic mass is 16.2. The van der Waals surface area contributed by atoms with Crippen molar-refractivity contribution >= 4 is 11.8 Å². The Morgan fingerprint density at radius 2 is 1.79 bits per heavy atom. The molecule has 1 rings (SSSR count). The first-order valence-corrected chi connectivity index (χ1v) is 6.65. The monoisotopic (exact) mass is 262 g/mol. The third kappa shape index (κ3) is 5.12. The molecule has 0 heterocycles. The van der Waals surface area contributed by atoms with Gasteiger partial charge in [0.15, 0.2) is 0 Å². The van der Waals surface area contributed by atoms with Gasteiger partial charge in [0.1, 0.15) is 0 Å². The van der Waals surface area contributed by atoms with Crippen LogP contribution in [-0.4, -0.2) is 36.3 Å². The number of hydrogen-bond donors (Lipinski definition) is 1. The zero-order valence-corrected chi connectivity index (χ0v) is 11.9. The molecule has 4 nitrogen and oxygen atoms in total. The van der Waals surface area contributed by atoms with Crippen molar-refractivity contribution in [2.24, 2.45) is 0 Å². The average molecular weight is 262 g/mol. The minimum absolute atomic E-state index is 0.0476. The highest BCUT2D eigenvalue weighted by Crippen LogP contribution is 2.02. The van der Waals surface area contributed by atoms with Crippen LogP contribution in [0.2, 0.25) is 0 Å². The Morgan fingerprint density at radius 3 is 2.32 bits per heavy atom. The summed E-state index contributed by atoms with van der Waals surface area (Å²) in [5, 5.41) is 2.83. The maximum Gasteiger partial charge on any atom is 0.251 e. The first-order chi connectivity index (χ1) is 9.04. The second-order valence-corrected chi connectivity index (χ2v) is 4.63. The number of benzene rings is 1. The summed E-state index contributed by atoms with van der Waals surface area (Å²) in [5.74, 6) is -0.0496. The van der Waals surface area contributed by atoms with Crippen LogP contribution in [0, 0.1) is 6.92 Å². The van der Waals surface area contributed by atoms with E-state index in [0.29, 0.717) is 18.7 Å². The Kier molecular flexibility index (Phi) is 6.06. The average Bonchev–Trinajstić information content (AvgIpc) is 2.38. The van der Waals surface area contributed by atoms with E-state index in [-0.39, 0.29) is 11.8 Å². The van der Waals surface area contributed by atoms with Crippen LogP contribution in [0.25, 0.3) is 0 Å². The lowest BCUT2D eigenvalue weighted by molar-refractivity contribution is -0.128. The quantitative estimate of drug-likeness (QED) is 0.852. The zero-order chi connectivity index (χ0) is 14.3. The van der Waals surface area contributed by atoms with Gasteiger partial charge in [-0.1, -0.05) is 24.6 Å². The van der Waals surface area contributed by atoms with Gasteiger partial charge in [-0.25, -0.2) is 0 Å². The van der Waals surface area contributed by atoms with E-state index in [2.05, 4.69) is 5.32 Å². The van der Waals surface area contributed by atoms with Gasteiger partial charge >= 0.3 is 0 Å². The van der Waals surface area contributed by atoms with Crippen molar-refractivity contribution in [3.63, 3.8) is 0 Å². The van der Waals surface area contributed by atoms with E-state index in [9.17, 15) is 9.59 Å². The minimum atomic E-state index is -0.0972. The van der Waals surface area contributed by atoms with Crippen molar-refractivity contribution in [3.05, 3.63) is 35.4 Å². The van der Waals surface area contributed by atoms with Gasteiger partial charge in [-0.3, -0.25) is 9.59 Å². The van der Waals surface area contributed by atoms with Crippen LogP contribution in [-0.2, 0) is 4.79 Å². The van der Waals surface area contributed by atoms with Crippen LogP contribution in [0.5, 0.6) is 0 Å². The van der Waals surface area contributed by atoms with Crippen LogP contribution in [0.4, 0.5) is 0 Å². The maximum atomic E-state index is 11.9. The maximum absolute atomic E-state index is 11.9. The second-order valence-electron chi connectivity index (χ2n) is 4.63. The Hall–Kier alpha value is -1.84. The number of hydrogen-bond acceptors (Lipinski definition) is 2. The molecule has 1 aromatic carbocycles. The predicted molar refractivity (Wildman–Crippen MR) is 76.1 cm³/mol. The summed E-state index contributed by atoms with van der Waals surface area (Å²) in [5.41, 5.74) is 1.78. The van der Waals surface area contributed by atoms with Crippen molar-refractivity contribution in [1.29, 1.82) is 0 Å². The molecule has 0 fully saturated rings. The Morgan fingerprint density at radius 1 is 1.16 bits per heavy atom. The first kappa shape index (κ1) is 15.2. The van der Waals surface area contributed by atoms with Gasteiger partial charge in [-0.15, -0.1) is 0 Å². The third-order valence-electron chi connectivity index (χ3n) is 2.92.